The fraction of sp³-hybridized carbons (Fsp3) is 0.762. The van der Waals surface area contributed by atoms with Gasteiger partial charge in [0, 0.05) is 0 Å². The van der Waals surface area contributed by atoms with Crippen LogP contribution in [0.15, 0.2) is 12.7 Å². The molecule has 29 heavy (non-hydrogen) atoms. The molecule has 0 bridgehead atoms. The molecule has 8 nitrogen and oxygen atoms in total. The number of nitrogens with zero attached hydrogens (tertiary/aromatic N) is 1. The van der Waals surface area contributed by atoms with Crippen LogP contribution in [0.3, 0.4) is 0 Å². The molecule has 0 aromatic rings. The Bertz CT molecular complexity index is 543. The van der Waals surface area contributed by atoms with Crippen molar-refractivity contribution in [3.8, 4) is 0 Å². The molecule has 168 valence electrons. The zero-order valence-corrected chi connectivity index (χ0v) is 19.2. The highest BCUT2D eigenvalue weighted by atomic mass is 16.6. The van der Waals surface area contributed by atoms with Gasteiger partial charge in [-0.3, -0.25) is 0 Å². The molecular weight excluding hydrogens is 378 g/mol. The highest BCUT2D eigenvalue weighted by Gasteiger charge is 2.45. The summed E-state index contributed by atoms with van der Waals surface area (Å²) in [5, 5.41) is 0. The molecule has 0 aromatic heterocycles. The Morgan fingerprint density at radius 1 is 0.931 bits per heavy atom. The van der Waals surface area contributed by atoms with Crippen molar-refractivity contribution in [1.82, 2.24) is 4.90 Å². The highest BCUT2D eigenvalue weighted by molar-refractivity contribution is 5.94. The van der Waals surface area contributed by atoms with Crippen LogP contribution in [0.1, 0.15) is 68.2 Å². The molecule has 0 spiro atoms. The lowest BCUT2D eigenvalue weighted by atomic mass is 10.1. The molecule has 8 heteroatoms. The molecule has 0 radical (unpaired) electrons. The minimum atomic E-state index is -1.46. The Balaban J connectivity index is 6.25. The largest absolute Gasteiger partial charge is 0.467 e. The summed E-state index contributed by atoms with van der Waals surface area (Å²) in [5.41, 5.74) is -1.81. The van der Waals surface area contributed by atoms with Gasteiger partial charge in [-0.15, -0.1) is 6.58 Å². The Labute approximate surface area is 174 Å². The first kappa shape index (κ1) is 26.9. The van der Waals surface area contributed by atoms with E-state index in [2.05, 4.69) is 6.58 Å². The van der Waals surface area contributed by atoms with Crippen LogP contribution in [0.2, 0.25) is 0 Å². The summed E-state index contributed by atoms with van der Waals surface area (Å²) in [6.45, 7) is 17.5. The third-order valence-corrected chi connectivity index (χ3v) is 3.70. The standard InChI is InChI=1S/C21H37NO7/c1-11-14(12-2)27-15(13-3)16(17(23)26-10)22(18(24)28-20(4,5)6)19(25)29-21(7,8)9/h13-16H,3,11-12H2,1-2,4-10H3/t15-,16+/m0/s1. The van der Waals surface area contributed by atoms with Gasteiger partial charge in [0.2, 0.25) is 0 Å². The molecule has 0 aliphatic heterocycles. The van der Waals surface area contributed by atoms with Crippen LogP contribution in [-0.2, 0) is 23.7 Å². The zero-order chi connectivity index (χ0) is 23.0. The molecule has 0 fully saturated rings. The van der Waals surface area contributed by atoms with Crippen molar-refractivity contribution in [3.05, 3.63) is 12.7 Å². The van der Waals surface area contributed by atoms with E-state index >= 15 is 0 Å². The lowest BCUT2D eigenvalue weighted by Gasteiger charge is -2.35. The molecular formula is C21H37NO7. The van der Waals surface area contributed by atoms with Crippen LogP contribution in [0.5, 0.6) is 0 Å². The average molecular weight is 416 g/mol. The van der Waals surface area contributed by atoms with Gasteiger partial charge >= 0.3 is 18.2 Å². The zero-order valence-electron chi connectivity index (χ0n) is 19.2. The summed E-state index contributed by atoms with van der Waals surface area (Å²) in [6, 6.07) is -1.46. The van der Waals surface area contributed by atoms with Gasteiger partial charge in [-0.05, 0) is 54.4 Å². The van der Waals surface area contributed by atoms with E-state index in [-0.39, 0.29) is 6.10 Å². The summed E-state index contributed by atoms with van der Waals surface area (Å²) >= 11 is 0. The second-order valence-electron chi connectivity index (χ2n) is 8.57. The van der Waals surface area contributed by atoms with Crippen LogP contribution in [0.25, 0.3) is 0 Å². The number of hydrogen-bond acceptors (Lipinski definition) is 7. The van der Waals surface area contributed by atoms with Crippen molar-refractivity contribution in [2.45, 2.75) is 97.7 Å². The minimum Gasteiger partial charge on any atom is -0.467 e. The smallest absolute Gasteiger partial charge is 0.420 e. The minimum absolute atomic E-state index is 0.204. The first-order valence-electron chi connectivity index (χ1n) is 9.81. The van der Waals surface area contributed by atoms with Crippen LogP contribution in [0.4, 0.5) is 9.59 Å². The Morgan fingerprint density at radius 3 is 1.62 bits per heavy atom. The van der Waals surface area contributed by atoms with E-state index in [0.29, 0.717) is 17.7 Å². The monoisotopic (exact) mass is 415 g/mol. The predicted molar refractivity (Wildman–Crippen MR) is 110 cm³/mol. The van der Waals surface area contributed by atoms with Gasteiger partial charge in [-0.1, -0.05) is 19.9 Å². The van der Waals surface area contributed by atoms with Gasteiger partial charge in [-0.25, -0.2) is 14.4 Å². The van der Waals surface area contributed by atoms with Gasteiger partial charge in [0.15, 0.2) is 6.04 Å². The van der Waals surface area contributed by atoms with E-state index in [0.717, 1.165) is 7.11 Å². The van der Waals surface area contributed by atoms with Gasteiger partial charge in [0.05, 0.1) is 13.2 Å². The SMILES string of the molecule is C=C[C@H](OC(CC)CC)[C@H](C(=O)OC)N(C(=O)OC(C)(C)C)C(=O)OC(C)(C)C. The number of ether oxygens (including phenoxy) is 4. The lowest BCUT2D eigenvalue weighted by Crippen LogP contribution is -2.57. The van der Waals surface area contributed by atoms with Gasteiger partial charge in [-0.2, -0.15) is 4.90 Å². The van der Waals surface area contributed by atoms with Crippen molar-refractivity contribution in [2.75, 3.05) is 7.11 Å². The van der Waals surface area contributed by atoms with Crippen LogP contribution < -0.4 is 0 Å². The van der Waals surface area contributed by atoms with E-state index in [1.165, 1.54) is 6.08 Å². The molecule has 0 N–H and O–H groups in total. The Morgan fingerprint density at radius 2 is 1.34 bits per heavy atom. The number of carbonyl (C=O) groups is 3. The first-order chi connectivity index (χ1) is 13.2. The molecule has 0 aliphatic rings. The topological polar surface area (TPSA) is 91.4 Å². The maximum atomic E-state index is 12.9. The third-order valence-electron chi connectivity index (χ3n) is 3.70. The van der Waals surface area contributed by atoms with Crippen molar-refractivity contribution < 1.29 is 33.3 Å². The van der Waals surface area contributed by atoms with Gasteiger partial charge in [0.25, 0.3) is 0 Å². The van der Waals surface area contributed by atoms with Crippen molar-refractivity contribution in [1.29, 1.82) is 0 Å². The Kier molecular flexibility index (Phi) is 10.4. The molecule has 0 rings (SSSR count). The van der Waals surface area contributed by atoms with E-state index in [1.54, 1.807) is 41.5 Å². The predicted octanol–water partition coefficient (Wildman–Crippen LogP) is 4.46. The number of hydrogen-bond donors (Lipinski definition) is 0. The lowest BCUT2D eigenvalue weighted by molar-refractivity contribution is -0.153. The average Bonchev–Trinajstić information content (AvgIpc) is 2.57. The molecule has 0 saturated carbocycles. The number of amides is 2. The van der Waals surface area contributed by atoms with E-state index in [1.807, 2.05) is 13.8 Å². The summed E-state index contributed by atoms with van der Waals surface area (Å²) < 4.78 is 21.5. The van der Waals surface area contributed by atoms with E-state index < -0.39 is 41.5 Å². The van der Waals surface area contributed by atoms with E-state index in [4.69, 9.17) is 18.9 Å². The maximum Gasteiger partial charge on any atom is 0.420 e. The number of rotatable bonds is 8. The fourth-order valence-corrected chi connectivity index (χ4v) is 2.39. The van der Waals surface area contributed by atoms with Gasteiger partial charge < -0.3 is 18.9 Å². The highest BCUT2D eigenvalue weighted by Crippen LogP contribution is 2.22. The van der Waals surface area contributed by atoms with Crippen LogP contribution in [-0.4, -0.2) is 59.6 Å². The number of esters is 1. The molecule has 0 heterocycles. The summed E-state index contributed by atoms with van der Waals surface area (Å²) in [4.78, 5) is 39.0. The van der Waals surface area contributed by atoms with Crippen molar-refractivity contribution >= 4 is 18.2 Å². The van der Waals surface area contributed by atoms with Crippen molar-refractivity contribution in [3.63, 3.8) is 0 Å². The van der Waals surface area contributed by atoms with Crippen LogP contribution >= 0.6 is 0 Å². The fourth-order valence-electron chi connectivity index (χ4n) is 2.39. The molecule has 0 unspecified atom stereocenters. The summed E-state index contributed by atoms with van der Waals surface area (Å²) in [5.74, 6) is -0.849. The molecule has 0 saturated heterocycles. The van der Waals surface area contributed by atoms with Crippen molar-refractivity contribution in [2.24, 2.45) is 0 Å². The third kappa shape index (κ3) is 9.30. The maximum absolute atomic E-state index is 12.9. The second-order valence-corrected chi connectivity index (χ2v) is 8.57. The Hall–Kier alpha value is -2.09. The quantitative estimate of drug-likeness (QED) is 0.328. The van der Waals surface area contributed by atoms with E-state index in [9.17, 15) is 14.4 Å². The molecule has 0 aliphatic carbocycles. The summed E-state index contributed by atoms with van der Waals surface area (Å²) in [6.07, 6.45) is -0.580. The first-order valence-corrected chi connectivity index (χ1v) is 9.81. The normalized spacial score (nSPS) is 14.0. The molecule has 2 amide bonds. The number of methoxy groups -OCH3 is 1. The molecule has 2 atom stereocenters. The number of imide groups is 1. The van der Waals surface area contributed by atoms with Crippen LogP contribution in [0, 0.1) is 0 Å². The second kappa shape index (κ2) is 11.2. The number of carbonyl (C=O) groups excluding carboxylic acids is 3. The van der Waals surface area contributed by atoms with Gasteiger partial charge in [0.1, 0.15) is 17.3 Å². The molecule has 0 aromatic carbocycles. The summed E-state index contributed by atoms with van der Waals surface area (Å²) in [7, 11) is 1.16.